The van der Waals surface area contributed by atoms with Gasteiger partial charge < -0.3 is 41.8 Å². The highest BCUT2D eigenvalue weighted by Crippen LogP contribution is 2.29. The van der Waals surface area contributed by atoms with E-state index in [4.69, 9.17) is 5.11 Å². The van der Waals surface area contributed by atoms with Crippen molar-refractivity contribution in [3.05, 3.63) is 0 Å². The lowest BCUT2D eigenvalue weighted by atomic mass is 9.81. The number of hydrogen-bond donors (Lipinski definition) is 8. The van der Waals surface area contributed by atoms with Crippen molar-refractivity contribution >= 4 is 65.9 Å². The topological polar surface area (TPSA) is 300 Å². The summed E-state index contributed by atoms with van der Waals surface area (Å²) in [5, 5.41) is 34.5. The van der Waals surface area contributed by atoms with Crippen LogP contribution in [0.2, 0.25) is 0 Å². The third-order valence-corrected chi connectivity index (χ3v) is 12.1. The maximum atomic E-state index is 13.2. The average molecular weight is 889 g/mol. The second-order valence-corrected chi connectivity index (χ2v) is 16.3. The molecular formula is C40H64N12O11. The molecule has 350 valence electrons. The minimum Gasteiger partial charge on any atom is -0.481 e. The normalized spacial score (nSPS) is 26.1. The zero-order valence-electron chi connectivity index (χ0n) is 36.6. The Hall–Kier alpha value is -5.71. The first-order chi connectivity index (χ1) is 30.2. The molecule has 5 rings (SSSR count). The van der Waals surface area contributed by atoms with Crippen molar-refractivity contribution in [3.63, 3.8) is 0 Å². The van der Waals surface area contributed by atoms with Gasteiger partial charge >= 0.3 is 12.0 Å². The predicted molar refractivity (Wildman–Crippen MR) is 224 cm³/mol. The molecule has 0 aromatic rings. The molecule has 0 unspecified atom stereocenters. The molecule has 4 aliphatic heterocycles. The third kappa shape index (κ3) is 13.4. The maximum absolute atomic E-state index is 13.2. The molecule has 23 nitrogen and oxygen atoms in total. The molecule has 0 aromatic carbocycles. The lowest BCUT2D eigenvalue weighted by Gasteiger charge is -2.43. The Labute approximate surface area is 366 Å². The summed E-state index contributed by atoms with van der Waals surface area (Å²) in [6.45, 7) is 3.14. The largest absolute Gasteiger partial charge is 0.481 e. The van der Waals surface area contributed by atoms with Crippen molar-refractivity contribution in [2.45, 2.75) is 133 Å². The second-order valence-electron chi connectivity index (χ2n) is 16.3. The van der Waals surface area contributed by atoms with Gasteiger partial charge in [-0.1, -0.05) is 6.92 Å². The van der Waals surface area contributed by atoms with E-state index in [9.17, 15) is 47.9 Å². The van der Waals surface area contributed by atoms with Crippen LogP contribution in [-0.2, 0) is 43.2 Å². The molecule has 0 aromatic heterocycles. The fraction of sp³-hybridized carbons (Fsp3) is 0.725. The zero-order chi connectivity index (χ0) is 46.2. The summed E-state index contributed by atoms with van der Waals surface area (Å²) in [7, 11) is 4.93. The molecule has 9 amide bonds. The second kappa shape index (κ2) is 24.2. The van der Waals surface area contributed by atoms with E-state index in [2.05, 4.69) is 42.4 Å². The Morgan fingerprint density at radius 1 is 0.730 bits per heavy atom. The van der Waals surface area contributed by atoms with E-state index in [0.717, 1.165) is 30.7 Å². The van der Waals surface area contributed by atoms with Gasteiger partial charge in [0.25, 0.3) is 11.8 Å². The lowest BCUT2D eigenvalue weighted by Crippen LogP contribution is -2.64. The highest BCUT2D eigenvalue weighted by atomic mass is 16.4. The Morgan fingerprint density at radius 2 is 1.24 bits per heavy atom. The molecule has 8 N–H and O–H groups in total. The van der Waals surface area contributed by atoms with E-state index in [-0.39, 0.29) is 54.2 Å². The highest BCUT2D eigenvalue weighted by molar-refractivity contribution is 5.95. The number of aldehydes is 1. The number of hydrogen-bond acceptors (Lipinski definition) is 13. The van der Waals surface area contributed by atoms with Gasteiger partial charge in [-0.25, -0.2) is 20.2 Å². The molecule has 0 bridgehead atoms. The van der Waals surface area contributed by atoms with Gasteiger partial charge in [-0.2, -0.15) is 5.10 Å². The molecule has 0 radical (unpaired) electrons. The standard InChI is InChI=1S/C25H42N8O5.C15H22N4O6/c1-4-18(15-29-31-25(38)28-14-16-7-9-17(10-8-16)22(35)27-3)30-23(36)20-6-5-13-32-21(34)12-11-19(26-2)24(37)33(20)32;1-16-10-4-5-12(21)18-6-2-3-11(19(18)15(10)25)14(24)17-9(8-20)7-13(22)23/h15-20,26H,4-14H2,1-3H3,(H,27,35)(H,30,36)(H2,28,31,38);8-11,16H,2-7H2,1H3,(H,17,24)(H,22,23)/b29-15+;/t16?,17?,18-,19-,20-;9-,10-,11-/m00/s1. The predicted octanol–water partition coefficient (Wildman–Crippen LogP) is -1.90. The van der Waals surface area contributed by atoms with E-state index >= 15 is 0 Å². The van der Waals surface area contributed by atoms with Crippen LogP contribution in [0.15, 0.2) is 5.10 Å². The van der Waals surface area contributed by atoms with Crippen molar-refractivity contribution in [3.8, 4) is 0 Å². The number of carbonyl (C=O) groups is 10. The van der Waals surface area contributed by atoms with Gasteiger partial charge in [0.2, 0.25) is 29.5 Å². The first kappa shape index (κ1) is 49.9. The minimum atomic E-state index is -1.22. The monoisotopic (exact) mass is 888 g/mol. The number of nitrogens with one attached hydrogen (secondary N) is 7. The molecule has 4 heterocycles. The number of carbonyl (C=O) groups excluding carboxylic acids is 9. The van der Waals surface area contributed by atoms with Crippen LogP contribution in [0, 0.1) is 11.8 Å². The molecule has 1 aliphatic carbocycles. The van der Waals surface area contributed by atoms with Crippen molar-refractivity contribution in [1.29, 1.82) is 0 Å². The highest BCUT2D eigenvalue weighted by Gasteiger charge is 2.45. The van der Waals surface area contributed by atoms with Crippen LogP contribution in [0.3, 0.4) is 0 Å². The summed E-state index contributed by atoms with van der Waals surface area (Å²) >= 11 is 0. The van der Waals surface area contributed by atoms with Crippen molar-refractivity contribution in [1.82, 2.24) is 57.4 Å². The Balaban J connectivity index is 0.000000302. The molecule has 0 spiro atoms. The number of carboxylic acid groups (broad SMARTS) is 1. The average Bonchev–Trinajstić information content (AvgIpc) is 3.49. The number of carboxylic acids is 1. The van der Waals surface area contributed by atoms with Gasteiger partial charge in [-0.3, -0.25) is 48.4 Å². The van der Waals surface area contributed by atoms with Crippen LogP contribution < -0.4 is 37.3 Å². The lowest BCUT2D eigenvalue weighted by molar-refractivity contribution is -0.176. The summed E-state index contributed by atoms with van der Waals surface area (Å²) < 4.78 is 0. The van der Waals surface area contributed by atoms with E-state index in [0.29, 0.717) is 76.8 Å². The van der Waals surface area contributed by atoms with Crippen LogP contribution in [0.5, 0.6) is 0 Å². The van der Waals surface area contributed by atoms with Gasteiger partial charge in [0.05, 0.1) is 30.6 Å². The molecule has 63 heavy (non-hydrogen) atoms. The number of likely N-dealkylation sites (N-methyl/N-ethyl adjacent to an activating group) is 2. The molecule has 1 saturated carbocycles. The summed E-state index contributed by atoms with van der Waals surface area (Å²) in [6.07, 6.45) is 8.28. The van der Waals surface area contributed by atoms with Gasteiger partial charge in [0.15, 0.2) is 0 Å². The van der Waals surface area contributed by atoms with E-state index in [1.54, 1.807) is 21.1 Å². The van der Waals surface area contributed by atoms with Crippen molar-refractivity contribution in [2.75, 3.05) is 40.8 Å². The molecule has 5 fully saturated rings. The summed E-state index contributed by atoms with van der Waals surface area (Å²) in [5.74, 6) is -2.82. The Morgan fingerprint density at radius 3 is 1.68 bits per heavy atom. The molecule has 4 saturated heterocycles. The van der Waals surface area contributed by atoms with Crippen LogP contribution in [-0.4, -0.2) is 168 Å². The zero-order valence-corrected chi connectivity index (χ0v) is 36.6. The first-order valence-electron chi connectivity index (χ1n) is 21.8. The van der Waals surface area contributed by atoms with Crippen LogP contribution >= 0.6 is 0 Å². The Kier molecular flexibility index (Phi) is 19.2. The van der Waals surface area contributed by atoms with Crippen LogP contribution in [0.4, 0.5) is 4.79 Å². The van der Waals surface area contributed by atoms with Crippen LogP contribution in [0.1, 0.15) is 96.8 Å². The van der Waals surface area contributed by atoms with Gasteiger partial charge in [-0.15, -0.1) is 0 Å². The van der Waals surface area contributed by atoms with Gasteiger partial charge in [0, 0.05) is 51.7 Å². The van der Waals surface area contributed by atoms with E-state index in [1.165, 1.54) is 21.2 Å². The minimum absolute atomic E-state index is 0.0512. The fourth-order valence-electron chi connectivity index (χ4n) is 8.50. The molecular weight excluding hydrogens is 825 g/mol. The summed E-state index contributed by atoms with van der Waals surface area (Å²) in [6, 6.07) is -4.92. The van der Waals surface area contributed by atoms with Crippen LogP contribution in [0.25, 0.3) is 0 Å². The first-order valence-corrected chi connectivity index (χ1v) is 21.8. The summed E-state index contributed by atoms with van der Waals surface area (Å²) in [4.78, 5) is 122. The number of hydrazone groups is 1. The molecule has 23 heteroatoms. The van der Waals surface area contributed by atoms with E-state index in [1.807, 2.05) is 6.92 Å². The quantitative estimate of drug-likeness (QED) is 0.0507. The number of amides is 9. The van der Waals surface area contributed by atoms with Crippen molar-refractivity contribution < 1.29 is 53.1 Å². The van der Waals surface area contributed by atoms with E-state index < -0.39 is 60.6 Å². The number of urea groups is 1. The maximum Gasteiger partial charge on any atom is 0.335 e. The fourth-order valence-corrected chi connectivity index (χ4v) is 8.50. The number of rotatable bonds is 15. The SMILES string of the molecule is CC[C@@H](/C=N/NC(=O)NCC1CCC(C(=O)NC)CC1)NC(=O)[C@@H]1CCCN2C(=O)CC[C@H](NC)C(=O)N12.CN[C@H]1CCC(=O)N2CCC[C@@H](C(=O)N[C@H](C=O)CC(=O)O)N2C1=O. The number of aliphatic carboxylic acids is 1. The number of fused-ring (bicyclic) bond motifs is 2. The number of nitrogens with zero attached hydrogens (tertiary/aromatic N) is 5. The van der Waals surface area contributed by atoms with Gasteiger partial charge in [0.1, 0.15) is 18.4 Å². The molecule has 6 atom stereocenters. The van der Waals surface area contributed by atoms with Gasteiger partial charge in [-0.05, 0) is 90.6 Å². The number of hydrazine groups is 2. The van der Waals surface area contributed by atoms with Crippen molar-refractivity contribution in [2.24, 2.45) is 16.9 Å². The summed E-state index contributed by atoms with van der Waals surface area (Å²) in [5.41, 5.74) is 2.43. The smallest absolute Gasteiger partial charge is 0.335 e. The Bertz CT molecular complexity index is 1720. The third-order valence-electron chi connectivity index (χ3n) is 12.1. The molecule has 5 aliphatic rings.